The van der Waals surface area contributed by atoms with Crippen molar-refractivity contribution in [3.8, 4) is 0 Å². The number of rotatable bonds is 8. The van der Waals surface area contributed by atoms with E-state index in [2.05, 4.69) is 36.7 Å². The molecule has 2 aromatic rings. The number of ether oxygens (including phenoxy) is 1. The van der Waals surface area contributed by atoms with E-state index in [1.165, 1.54) is 0 Å². The highest BCUT2D eigenvalue weighted by Crippen LogP contribution is 2.34. The Morgan fingerprint density at radius 3 is 2.52 bits per heavy atom. The molecule has 0 aliphatic heterocycles. The lowest BCUT2D eigenvalue weighted by atomic mass is 9.98. The molecule has 0 radical (unpaired) electrons. The van der Waals surface area contributed by atoms with Crippen molar-refractivity contribution in [1.29, 1.82) is 0 Å². The van der Waals surface area contributed by atoms with Gasteiger partial charge in [-0.05, 0) is 25.0 Å². The van der Waals surface area contributed by atoms with E-state index in [1.807, 2.05) is 18.2 Å². The molecule has 1 heterocycles. The van der Waals surface area contributed by atoms with Gasteiger partial charge in [0.05, 0.1) is 5.69 Å². The van der Waals surface area contributed by atoms with E-state index >= 15 is 0 Å². The first-order valence-electron chi connectivity index (χ1n) is 7.53. The Bertz CT molecular complexity index is 526. The number of hydrogen-bond acceptors (Lipinski definition) is 4. The fraction of sp³-hybridized carbons (Fsp3) is 0.471. The number of benzene rings is 1. The van der Waals surface area contributed by atoms with Crippen LogP contribution in [0.5, 0.6) is 0 Å². The predicted octanol–water partition coefficient (Wildman–Crippen LogP) is 4.46. The molecule has 21 heavy (non-hydrogen) atoms. The summed E-state index contributed by atoms with van der Waals surface area (Å²) >= 11 is 1.71. The lowest BCUT2D eigenvalue weighted by molar-refractivity contribution is -0.0219. The summed E-state index contributed by atoms with van der Waals surface area (Å²) in [6, 6.07) is 10.3. The molecule has 0 atom stereocenters. The third-order valence-electron chi connectivity index (χ3n) is 3.96. The Morgan fingerprint density at radius 2 is 1.90 bits per heavy atom. The summed E-state index contributed by atoms with van der Waals surface area (Å²) in [6.45, 7) is 5.21. The molecule has 0 unspecified atom stereocenters. The van der Waals surface area contributed by atoms with Crippen LogP contribution in [-0.4, -0.2) is 18.6 Å². The Labute approximate surface area is 131 Å². The zero-order valence-corrected chi connectivity index (χ0v) is 13.9. The highest BCUT2D eigenvalue weighted by Gasteiger charge is 2.31. The van der Waals surface area contributed by atoms with E-state index in [-0.39, 0.29) is 5.60 Å². The SMILES string of the molecule is CCC(CC)(OC)c1nc(CCNc2ccccc2)cs1. The molecule has 4 heteroatoms. The summed E-state index contributed by atoms with van der Waals surface area (Å²) in [5.41, 5.74) is 2.08. The average Bonchev–Trinajstić information content (AvgIpc) is 3.00. The molecule has 0 spiro atoms. The Kier molecular flexibility index (Phi) is 5.76. The maximum absolute atomic E-state index is 5.74. The van der Waals surface area contributed by atoms with E-state index in [0.29, 0.717) is 0 Å². The van der Waals surface area contributed by atoms with Gasteiger partial charge in [-0.3, -0.25) is 0 Å². The van der Waals surface area contributed by atoms with Crippen LogP contribution in [0.15, 0.2) is 35.7 Å². The largest absolute Gasteiger partial charge is 0.385 e. The second-order valence-corrected chi connectivity index (χ2v) is 5.95. The van der Waals surface area contributed by atoms with Crippen molar-refractivity contribution in [3.63, 3.8) is 0 Å². The molecule has 1 N–H and O–H groups in total. The monoisotopic (exact) mass is 304 g/mol. The van der Waals surface area contributed by atoms with Gasteiger partial charge in [0, 0.05) is 31.1 Å². The minimum atomic E-state index is -0.213. The lowest BCUT2D eigenvalue weighted by Crippen LogP contribution is -2.26. The van der Waals surface area contributed by atoms with Crippen molar-refractivity contribution in [2.75, 3.05) is 19.0 Å². The smallest absolute Gasteiger partial charge is 0.125 e. The average molecular weight is 304 g/mol. The molecule has 1 aromatic heterocycles. The van der Waals surface area contributed by atoms with Gasteiger partial charge in [0.15, 0.2) is 0 Å². The maximum atomic E-state index is 5.74. The molecule has 0 saturated heterocycles. The Balaban J connectivity index is 1.94. The normalized spacial score (nSPS) is 11.6. The second kappa shape index (κ2) is 7.57. The fourth-order valence-electron chi connectivity index (χ4n) is 2.45. The summed E-state index contributed by atoms with van der Waals surface area (Å²) in [6.07, 6.45) is 2.84. The van der Waals surface area contributed by atoms with E-state index in [1.54, 1.807) is 18.4 Å². The molecule has 0 saturated carbocycles. The quantitative estimate of drug-likeness (QED) is 0.782. The van der Waals surface area contributed by atoms with Crippen molar-refractivity contribution >= 4 is 17.0 Å². The number of para-hydroxylation sites is 1. The zero-order valence-electron chi connectivity index (χ0n) is 13.1. The second-order valence-electron chi connectivity index (χ2n) is 5.09. The van der Waals surface area contributed by atoms with Crippen LogP contribution >= 0.6 is 11.3 Å². The molecule has 3 nitrogen and oxygen atoms in total. The van der Waals surface area contributed by atoms with Gasteiger partial charge in [-0.1, -0.05) is 32.0 Å². The summed E-state index contributed by atoms with van der Waals surface area (Å²) < 4.78 is 5.74. The fourth-order valence-corrected chi connectivity index (χ4v) is 3.63. The van der Waals surface area contributed by atoms with Crippen LogP contribution in [0, 0.1) is 0 Å². The van der Waals surface area contributed by atoms with Crippen LogP contribution in [0.4, 0.5) is 5.69 Å². The van der Waals surface area contributed by atoms with E-state index < -0.39 is 0 Å². The first kappa shape index (κ1) is 16.0. The summed E-state index contributed by atoms with van der Waals surface area (Å²) in [5, 5.41) is 6.67. The van der Waals surface area contributed by atoms with Crippen molar-refractivity contribution in [2.45, 2.75) is 38.7 Å². The van der Waals surface area contributed by atoms with Gasteiger partial charge in [0.1, 0.15) is 10.6 Å². The van der Waals surface area contributed by atoms with Gasteiger partial charge >= 0.3 is 0 Å². The van der Waals surface area contributed by atoms with Gasteiger partial charge < -0.3 is 10.1 Å². The van der Waals surface area contributed by atoms with Crippen LogP contribution in [0.2, 0.25) is 0 Å². The van der Waals surface area contributed by atoms with Gasteiger partial charge in [-0.2, -0.15) is 0 Å². The van der Waals surface area contributed by atoms with Crippen LogP contribution < -0.4 is 5.32 Å². The molecule has 0 fully saturated rings. The van der Waals surface area contributed by atoms with E-state index in [4.69, 9.17) is 9.72 Å². The van der Waals surface area contributed by atoms with Gasteiger partial charge in [-0.25, -0.2) is 4.98 Å². The van der Waals surface area contributed by atoms with Crippen molar-refractivity contribution in [2.24, 2.45) is 0 Å². The number of anilines is 1. The third kappa shape index (κ3) is 3.83. The first-order chi connectivity index (χ1) is 10.2. The number of thiazole rings is 1. The molecular weight excluding hydrogens is 280 g/mol. The summed E-state index contributed by atoms with van der Waals surface area (Å²) in [5.74, 6) is 0. The minimum Gasteiger partial charge on any atom is -0.385 e. The van der Waals surface area contributed by atoms with Gasteiger partial charge in [0.2, 0.25) is 0 Å². The lowest BCUT2D eigenvalue weighted by Gasteiger charge is -2.27. The van der Waals surface area contributed by atoms with Crippen molar-refractivity contribution in [3.05, 3.63) is 46.4 Å². The highest BCUT2D eigenvalue weighted by molar-refractivity contribution is 7.09. The zero-order chi connectivity index (χ0) is 15.1. The molecular formula is C17H24N2OS. The van der Waals surface area contributed by atoms with Crippen molar-refractivity contribution in [1.82, 2.24) is 4.98 Å². The molecule has 0 amide bonds. The summed E-state index contributed by atoms with van der Waals surface area (Å²) in [4.78, 5) is 4.78. The van der Waals surface area contributed by atoms with Gasteiger partial charge in [-0.15, -0.1) is 11.3 Å². The summed E-state index contributed by atoms with van der Waals surface area (Å²) in [7, 11) is 1.78. The third-order valence-corrected chi connectivity index (χ3v) is 5.04. The number of nitrogens with one attached hydrogen (secondary N) is 1. The molecule has 1 aromatic carbocycles. The molecule has 0 bridgehead atoms. The Hall–Kier alpha value is -1.39. The number of methoxy groups -OCH3 is 1. The molecule has 114 valence electrons. The number of nitrogens with zero attached hydrogens (tertiary/aromatic N) is 1. The van der Waals surface area contributed by atoms with E-state index in [0.717, 1.165) is 42.2 Å². The Morgan fingerprint density at radius 1 is 1.19 bits per heavy atom. The predicted molar refractivity (Wildman–Crippen MR) is 90.0 cm³/mol. The van der Waals surface area contributed by atoms with Crippen molar-refractivity contribution < 1.29 is 4.74 Å². The van der Waals surface area contributed by atoms with Crippen LogP contribution in [0.1, 0.15) is 37.4 Å². The van der Waals surface area contributed by atoms with Crippen LogP contribution in [-0.2, 0) is 16.8 Å². The molecule has 0 aliphatic rings. The van der Waals surface area contributed by atoms with Gasteiger partial charge in [0.25, 0.3) is 0 Å². The standard InChI is InChI=1S/C17H24N2OS/c1-4-17(5-2,20-3)16-19-15(13-21-16)11-12-18-14-9-7-6-8-10-14/h6-10,13,18H,4-5,11-12H2,1-3H3. The maximum Gasteiger partial charge on any atom is 0.125 e. The van der Waals surface area contributed by atoms with Crippen LogP contribution in [0.3, 0.4) is 0 Å². The first-order valence-corrected chi connectivity index (χ1v) is 8.41. The van der Waals surface area contributed by atoms with E-state index in [9.17, 15) is 0 Å². The number of hydrogen-bond donors (Lipinski definition) is 1. The minimum absolute atomic E-state index is 0.213. The topological polar surface area (TPSA) is 34.1 Å². The molecule has 2 rings (SSSR count). The van der Waals surface area contributed by atoms with Crippen LogP contribution in [0.25, 0.3) is 0 Å². The molecule has 0 aliphatic carbocycles. The number of aromatic nitrogens is 1. The highest BCUT2D eigenvalue weighted by atomic mass is 32.1.